The number of hydrogen-bond acceptors (Lipinski definition) is 4. The first-order valence-electron chi connectivity index (χ1n) is 5.38. The zero-order valence-corrected chi connectivity index (χ0v) is 9.32. The fourth-order valence-corrected chi connectivity index (χ4v) is 1.77. The zero-order chi connectivity index (χ0) is 12.5. The highest BCUT2D eigenvalue weighted by atomic mass is 16.3. The number of phenolic OH excluding ortho intramolecular Hbond substituents is 1. The van der Waals surface area contributed by atoms with Crippen molar-refractivity contribution in [1.82, 2.24) is 15.0 Å². The van der Waals surface area contributed by atoms with E-state index in [0.717, 1.165) is 11.0 Å². The van der Waals surface area contributed by atoms with Gasteiger partial charge >= 0.3 is 0 Å². The van der Waals surface area contributed by atoms with Gasteiger partial charge < -0.3 is 5.11 Å². The second kappa shape index (κ2) is 3.96. The highest BCUT2D eigenvalue weighted by Gasteiger charge is 2.09. The maximum Gasteiger partial charge on any atom is 0.152 e. The average molecular weight is 239 g/mol. The van der Waals surface area contributed by atoms with Gasteiger partial charge in [0.1, 0.15) is 16.8 Å². The number of nitrogens with zero attached hydrogens (tertiary/aromatic N) is 3. The summed E-state index contributed by atoms with van der Waals surface area (Å²) < 4.78 is 0. The highest BCUT2D eigenvalue weighted by molar-refractivity contribution is 5.82. The first-order valence-corrected chi connectivity index (χ1v) is 5.38. The number of fused-ring (bicyclic) bond motifs is 1. The summed E-state index contributed by atoms with van der Waals surface area (Å²) in [7, 11) is 0. The maximum absolute atomic E-state index is 11.0. The summed E-state index contributed by atoms with van der Waals surface area (Å²) in [6.45, 7) is 0. The summed E-state index contributed by atoms with van der Waals surface area (Å²) >= 11 is 0. The third-order valence-corrected chi connectivity index (χ3v) is 2.64. The highest BCUT2D eigenvalue weighted by Crippen LogP contribution is 2.19. The van der Waals surface area contributed by atoms with Gasteiger partial charge in [-0.15, -0.1) is 15.0 Å². The van der Waals surface area contributed by atoms with Gasteiger partial charge in [0.25, 0.3) is 0 Å². The Morgan fingerprint density at radius 3 is 2.33 bits per heavy atom. The fraction of sp³-hybridized carbons (Fsp3) is 0. The second-order valence-corrected chi connectivity index (χ2v) is 3.84. The van der Waals surface area contributed by atoms with Crippen LogP contribution in [-0.2, 0) is 0 Å². The molecule has 3 aromatic rings. The minimum atomic E-state index is 0.0666. The largest absolute Gasteiger partial charge is 0.508 e. The van der Waals surface area contributed by atoms with Gasteiger partial charge in [0, 0.05) is 11.6 Å². The van der Waals surface area contributed by atoms with Crippen molar-refractivity contribution < 1.29 is 9.90 Å². The minimum absolute atomic E-state index is 0.0666. The molecule has 0 spiro atoms. The van der Waals surface area contributed by atoms with Crippen molar-refractivity contribution in [2.24, 2.45) is 0 Å². The number of carbonyl (C=O) groups is 1. The molecule has 0 radical (unpaired) electrons. The maximum atomic E-state index is 11.0. The van der Waals surface area contributed by atoms with E-state index in [4.69, 9.17) is 0 Å². The summed E-state index contributed by atoms with van der Waals surface area (Å²) in [6, 6.07) is 11.9. The van der Waals surface area contributed by atoms with E-state index in [0.29, 0.717) is 17.5 Å². The summed E-state index contributed by atoms with van der Waals surface area (Å²) in [6.07, 6.45) is 0.711. The summed E-state index contributed by atoms with van der Waals surface area (Å²) in [5, 5.41) is 18.0. The molecule has 0 saturated heterocycles. The Balaban J connectivity index is 2.25. The fourth-order valence-electron chi connectivity index (χ4n) is 1.77. The van der Waals surface area contributed by atoms with Crippen LogP contribution in [-0.4, -0.2) is 26.4 Å². The summed E-state index contributed by atoms with van der Waals surface area (Å²) in [4.78, 5) is 12.3. The number of hydrogen-bond donors (Lipinski definition) is 1. The van der Waals surface area contributed by atoms with Crippen LogP contribution in [0.3, 0.4) is 0 Å². The molecular formula is C13H9N3O2. The molecule has 0 unspecified atom stereocenters. The molecule has 0 aliphatic heterocycles. The third kappa shape index (κ3) is 1.62. The smallest absolute Gasteiger partial charge is 0.152 e. The average Bonchev–Trinajstić information content (AvgIpc) is 2.82. The first-order chi connectivity index (χ1) is 8.78. The zero-order valence-electron chi connectivity index (χ0n) is 9.32. The Kier molecular flexibility index (Phi) is 2.30. The van der Waals surface area contributed by atoms with E-state index in [2.05, 4.69) is 10.2 Å². The Labute approximate surface area is 102 Å². The molecule has 0 bridgehead atoms. The van der Waals surface area contributed by atoms with E-state index < -0.39 is 0 Å². The van der Waals surface area contributed by atoms with Crippen LogP contribution in [0.25, 0.3) is 16.7 Å². The molecule has 2 aromatic carbocycles. The van der Waals surface area contributed by atoms with E-state index >= 15 is 0 Å². The van der Waals surface area contributed by atoms with Crippen LogP contribution in [0.5, 0.6) is 5.75 Å². The molecule has 1 heterocycles. The lowest BCUT2D eigenvalue weighted by Crippen LogP contribution is -2.02. The Morgan fingerprint density at radius 2 is 1.72 bits per heavy atom. The standard InChI is InChI=1S/C13H9N3O2/c17-8-9-5-6-10(18)7-13(9)16-14-11-3-1-2-4-12(11)15-16/h1-8,18H. The summed E-state index contributed by atoms with van der Waals surface area (Å²) in [5.74, 6) is 0.0666. The molecule has 1 aromatic heterocycles. The molecule has 18 heavy (non-hydrogen) atoms. The Morgan fingerprint density at radius 1 is 1.06 bits per heavy atom. The van der Waals surface area contributed by atoms with E-state index in [1.165, 1.54) is 23.0 Å². The normalized spacial score (nSPS) is 10.7. The lowest BCUT2D eigenvalue weighted by atomic mass is 10.2. The van der Waals surface area contributed by atoms with Crippen molar-refractivity contribution in [2.45, 2.75) is 0 Å². The SMILES string of the molecule is O=Cc1ccc(O)cc1-n1nc2ccccc2n1. The number of aromatic nitrogens is 3. The van der Waals surface area contributed by atoms with E-state index in [9.17, 15) is 9.90 Å². The molecule has 0 aliphatic carbocycles. The molecule has 0 atom stereocenters. The van der Waals surface area contributed by atoms with Crippen LogP contribution in [0.1, 0.15) is 10.4 Å². The molecule has 5 nitrogen and oxygen atoms in total. The van der Waals surface area contributed by atoms with Crippen molar-refractivity contribution >= 4 is 17.3 Å². The molecule has 1 N–H and O–H groups in total. The van der Waals surface area contributed by atoms with E-state index in [1.54, 1.807) is 0 Å². The molecule has 0 saturated carbocycles. The van der Waals surface area contributed by atoms with Crippen molar-refractivity contribution in [1.29, 1.82) is 0 Å². The van der Waals surface area contributed by atoms with Gasteiger partial charge in [-0.2, -0.15) is 0 Å². The van der Waals surface area contributed by atoms with Gasteiger partial charge in [-0.1, -0.05) is 12.1 Å². The molecule has 3 rings (SSSR count). The lowest BCUT2D eigenvalue weighted by molar-refractivity contribution is 0.112. The van der Waals surface area contributed by atoms with Crippen LogP contribution in [0.15, 0.2) is 42.5 Å². The number of carbonyl (C=O) groups excluding carboxylic acids is 1. The summed E-state index contributed by atoms with van der Waals surface area (Å²) in [5.41, 5.74) is 2.35. The quantitative estimate of drug-likeness (QED) is 0.694. The molecular weight excluding hydrogens is 230 g/mol. The van der Waals surface area contributed by atoms with Crippen LogP contribution in [0.4, 0.5) is 0 Å². The third-order valence-electron chi connectivity index (χ3n) is 2.64. The van der Waals surface area contributed by atoms with E-state index in [1.807, 2.05) is 24.3 Å². The Bertz CT molecular complexity index is 701. The molecule has 5 heteroatoms. The lowest BCUT2D eigenvalue weighted by Gasteiger charge is -2.03. The molecule has 0 aliphatic rings. The number of rotatable bonds is 2. The van der Waals surface area contributed by atoms with Gasteiger partial charge in [0.2, 0.25) is 0 Å². The molecule has 0 amide bonds. The van der Waals surface area contributed by atoms with Crippen LogP contribution in [0.2, 0.25) is 0 Å². The monoisotopic (exact) mass is 239 g/mol. The number of aldehydes is 1. The van der Waals surface area contributed by atoms with Crippen molar-refractivity contribution in [3.63, 3.8) is 0 Å². The van der Waals surface area contributed by atoms with Gasteiger partial charge in [0.05, 0.1) is 5.69 Å². The predicted octanol–water partition coefficient (Wildman–Crippen LogP) is 1.94. The van der Waals surface area contributed by atoms with Crippen molar-refractivity contribution in [2.75, 3.05) is 0 Å². The van der Waals surface area contributed by atoms with Crippen LogP contribution < -0.4 is 0 Å². The van der Waals surface area contributed by atoms with Crippen molar-refractivity contribution in [3.8, 4) is 11.4 Å². The van der Waals surface area contributed by atoms with Crippen LogP contribution >= 0.6 is 0 Å². The first kappa shape index (κ1) is 10.5. The minimum Gasteiger partial charge on any atom is -0.508 e. The van der Waals surface area contributed by atoms with Gasteiger partial charge in [0.15, 0.2) is 6.29 Å². The Hall–Kier alpha value is -2.69. The number of aromatic hydroxyl groups is 1. The predicted molar refractivity (Wildman–Crippen MR) is 65.9 cm³/mol. The van der Waals surface area contributed by atoms with Gasteiger partial charge in [-0.05, 0) is 24.3 Å². The topological polar surface area (TPSA) is 68.0 Å². The van der Waals surface area contributed by atoms with Crippen LogP contribution in [0, 0.1) is 0 Å². The van der Waals surface area contributed by atoms with Gasteiger partial charge in [-0.25, -0.2) is 0 Å². The molecule has 0 fully saturated rings. The number of phenols is 1. The number of benzene rings is 2. The van der Waals surface area contributed by atoms with E-state index in [-0.39, 0.29) is 5.75 Å². The molecule has 88 valence electrons. The second-order valence-electron chi connectivity index (χ2n) is 3.84. The van der Waals surface area contributed by atoms with Crippen molar-refractivity contribution in [3.05, 3.63) is 48.0 Å². The van der Waals surface area contributed by atoms with Gasteiger partial charge in [-0.3, -0.25) is 4.79 Å².